The smallest absolute Gasteiger partial charge is 0.250 e. The third-order valence-electron chi connectivity index (χ3n) is 3.44. The summed E-state index contributed by atoms with van der Waals surface area (Å²) in [5.74, 6) is 0.862. The number of thiophene rings is 1. The van der Waals surface area contributed by atoms with Crippen molar-refractivity contribution < 1.29 is 12.8 Å². The molecular formula is C16H17N3O3S2. The first kappa shape index (κ1) is 16.8. The van der Waals surface area contributed by atoms with E-state index in [0.29, 0.717) is 23.8 Å². The van der Waals surface area contributed by atoms with Gasteiger partial charge in [-0.2, -0.15) is 0 Å². The van der Waals surface area contributed by atoms with E-state index in [1.165, 1.54) is 0 Å². The quantitative estimate of drug-likeness (QED) is 0.727. The van der Waals surface area contributed by atoms with Gasteiger partial charge in [-0.15, -0.1) is 21.5 Å². The Balaban J connectivity index is 1.74. The molecule has 1 aromatic carbocycles. The van der Waals surface area contributed by atoms with Gasteiger partial charge in [-0.1, -0.05) is 36.8 Å². The van der Waals surface area contributed by atoms with Crippen LogP contribution in [0.4, 0.5) is 0 Å². The average molecular weight is 363 g/mol. The van der Waals surface area contributed by atoms with Crippen LogP contribution in [0.5, 0.6) is 0 Å². The number of aryl methyl sites for hydroxylation is 2. The lowest BCUT2D eigenvalue weighted by atomic mass is 10.2. The van der Waals surface area contributed by atoms with Gasteiger partial charge >= 0.3 is 0 Å². The summed E-state index contributed by atoms with van der Waals surface area (Å²) in [7, 11) is -3.58. The molecule has 8 heteroatoms. The second kappa shape index (κ2) is 6.84. The molecule has 0 saturated heterocycles. The van der Waals surface area contributed by atoms with E-state index < -0.39 is 10.0 Å². The van der Waals surface area contributed by atoms with E-state index in [1.807, 2.05) is 38.1 Å². The first-order valence-electron chi connectivity index (χ1n) is 7.44. The van der Waals surface area contributed by atoms with Crippen molar-refractivity contribution in [2.75, 3.05) is 0 Å². The molecule has 3 aromatic rings. The summed E-state index contributed by atoms with van der Waals surface area (Å²) >= 11 is 1.13. The number of sulfonamides is 1. The van der Waals surface area contributed by atoms with Crippen LogP contribution >= 0.6 is 11.3 Å². The van der Waals surface area contributed by atoms with Crippen LogP contribution in [-0.4, -0.2) is 18.6 Å². The summed E-state index contributed by atoms with van der Waals surface area (Å²) in [5.41, 5.74) is 2.66. The predicted molar refractivity (Wildman–Crippen MR) is 92.2 cm³/mol. The number of hydrogen-bond donors (Lipinski definition) is 1. The molecule has 24 heavy (non-hydrogen) atoms. The summed E-state index contributed by atoms with van der Waals surface area (Å²) in [6, 6.07) is 9.27. The van der Waals surface area contributed by atoms with Crippen LogP contribution in [0.25, 0.3) is 11.5 Å². The number of nitrogens with zero attached hydrogens (tertiary/aromatic N) is 2. The Morgan fingerprint density at radius 2 is 1.96 bits per heavy atom. The van der Waals surface area contributed by atoms with Crippen LogP contribution in [0.15, 0.2) is 44.3 Å². The predicted octanol–water partition coefficient (Wildman–Crippen LogP) is 3.15. The minimum atomic E-state index is -3.58. The average Bonchev–Trinajstić information content (AvgIpc) is 3.23. The Morgan fingerprint density at radius 3 is 2.62 bits per heavy atom. The Bertz CT molecular complexity index is 928. The lowest BCUT2D eigenvalue weighted by molar-refractivity contribution is 0.513. The SMILES string of the molecule is CCc1nnc(-c2csc(S(=O)(=O)NCc3ccc(C)cc3)c2)o1. The van der Waals surface area contributed by atoms with Gasteiger partial charge < -0.3 is 4.42 Å². The van der Waals surface area contributed by atoms with Crippen LogP contribution < -0.4 is 4.72 Å². The molecule has 0 bridgehead atoms. The van der Waals surface area contributed by atoms with Gasteiger partial charge in [0.2, 0.25) is 21.8 Å². The first-order valence-corrected chi connectivity index (χ1v) is 9.80. The molecule has 0 atom stereocenters. The summed E-state index contributed by atoms with van der Waals surface area (Å²) in [6.07, 6.45) is 0.639. The number of rotatable bonds is 6. The van der Waals surface area contributed by atoms with Crippen molar-refractivity contribution in [1.82, 2.24) is 14.9 Å². The molecule has 0 aliphatic carbocycles. The van der Waals surface area contributed by atoms with Crippen LogP contribution in [0.1, 0.15) is 23.9 Å². The number of benzene rings is 1. The fraction of sp³-hybridized carbons (Fsp3) is 0.250. The highest BCUT2D eigenvalue weighted by Gasteiger charge is 2.19. The van der Waals surface area contributed by atoms with Crippen molar-refractivity contribution in [1.29, 1.82) is 0 Å². The van der Waals surface area contributed by atoms with E-state index in [0.717, 1.165) is 22.5 Å². The third kappa shape index (κ3) is 3.72. The standard InChI is InChI=1S/C16H17N3O3S2/c1-3-14-18-19-16(22-14)13-8-15(23-10-13)24(20,21)17-9-12-6-4-11(2)5-7-12/h4-8,10,17H,3,9H2,1-2H3. The molecule has 126 valence electrons. The van der Waals surface area contributed by atoms with Crippen molar-refractivity contribution in [2.45, 2.75) is 31.0 Å². The van der Waals surface area contributed by atoms with E-state index in [4.69, 9.17) is 4.42 Å². The Labute approximate surface area is 144 Å². The highest BCUT2D eigenvalue weighted by Crippen LogP contribution is 2.27. The van der Waals surface area contributed by atoms with Crippen molar-refractivity contribution in [3.05, 3.63) is 52.7 Å². The third-order valence-corrected chi connectivity index (χ3v) is 6.28. The first-order chi connectivity index (χ1) is 11.5. The van der Waals surface area contributed by atoms with Crippen molar-refractivity contribution in [3.8, 4) is 11.5 Å². The molecular weight excluding hydrogens is 346 g/mol. The minimum absolute atomic E-state index is 0.223. The summed E-state index contributed by atoms with van der Waals surface area (Å²) < 4.78 is 33.1. The topological polar surface area (TPSA) is 85.1 Å². The van der Waals surface area contributed by atoms with E-state index >= 15 is 0 Å². The summed E-state index contributed by atoms with van der Waals surface area (Å²) in [5, 5.41) is 9.52. The molecule has 0 amide bonds. The monoisotopic (exact) mass is 363 g/mol. The van der Waals surface area contributed by atoms with Gasteiger partial charge in [-0.25, -0.2) is 13.1 Å². The van der Waals surface area contributed by atoms with E-state index in [-0.39, 0.29) is 10.8 Å². The highest BCUT2D eigenvalue weighted by molar-refractivity contribution is 7.91. The van der Waals surface area contributed by atoms with Gasteiger partial charge in [0.1, 0.15) is 4.21 Å². The van der Waals surface area contributed by atoms with Gasteiger partial charge in [0, 0.05) is 18.3 Å². The molecule has 0 fully saturated rings. The van der Waals surface area contributed by atoms with Gasteiger partial charge in [-0.3, -0.25) is 0 Å². The summed E-state index contributed by atoms with van der Waals surface area (Å²) in [6.45, 7) is 4.15. The van der Waals surface area contributed by atoms with Crippen molar-refractivity contribution in [2.24, 2.45) is 0 Å². The maximum Gasteiger partial charge on any atom is 0.250 e. The molecule has 1 N–H and O–H groups in total. The molecule has 0 unspecified atom stereocenters. The summed E-state index contributed by atoms with van der Waals surface area (Å²) in [4.78, 5) is 0. The van der Waals surface area contributed by atoms with E-state index in [1.54, 1.807) is 11.4 Å². The molecule has 2 heterocycles. The second-order valence-electron chi connectivity index (χ2n) is 5.32. The molecule has 0 saturated carbocycles. The minimum Gasteiger partial charge on any atom is -0.421 e. The normalized spacial score (nSPS) is 11.8. The van der Waals surface area contributed by atoms with Crippen LogP contribution in [0.2, 0.25) is 0 Å². The molecule has 0 aliphatic heterocycles. The van der Waals surface area contributed by atoms with Gasteiger partial charge in [0.05, 0.1) is 5.56 Å². The Kier molecular flexibility index (Phi) is 4.79. The zero-order valence-corrected chi connectivity index (χ0v) is 14.9. The van der Waals surface area contributed by atoms with E-state index in [9.17, 15) is 8.42 Å². The fourth-order valence-corrected chi connectivity index (χ4v) is 4.25. The van der Waals surface area contributed by atoms with Crippen LogP contribution in [0, 0.1) is 6.92 Å². The number of aromatic nitrogens is 2. The molecule has 6 nitrogen and oxygen atoms in total. The number of hydrogen-bond acceptors (Lipinski definition) is 6. The molecule has 3 rings (SSSR count). The van der Waals surface area contributed by atoms with Gasteiger partial charge in [-0.05, 0) is 18.6 Å². The van der Waals surface area contributed by atoms with Crippen molar-refractivity contribution in [3.63, 3.8) is 0 Å². The molecule has 0 aliphatic rings. The maximum atomic E-state index is 12.4. The van der Waals surface area contributed by atoms with Crippen LogP contribution in [0.3, 0.4) is 0 Å². The maximum absolute atomic E-state index is 12.4. The lowest BCUT2D eigenvalue weighted by Gasteiger charge is -2.05. The zero-order chi connectivity index (χ0) is 17.2. The number of nitrogens with one attached hydrogen (secondary N) is 1. The highest BCUT2D eigenvalue weighted by atomic mass is 32.2. The molecule has 2 aromatic heterocycles. The van der Waals surface area contributed by atoms with E-state index in [2.05, 4.69) is 14.9 Å². The second-order valence-corrected chi connectivity index (χ2v) is 8.22. The van der Waals surface area contributed by atoms with Crippen molar-refractivity contribution >= 4 is 21.4 Å². The van der Waals surface area contributed by atoms with Gasteiger partial charge in [0.25, 0.3) is 0 Å². The fourth-order valence-electron chi connectivity index (χ4n) is 2.04. The Morgan fingerprint density at radius 1 is 1.21 bits per heavy atom. The lowest BCUT2D eigenvalue weighted by Crippen LogP contribution is -2.22. The largest absolute Gasteiger partial charge is 0.421 e. The zero-order valence-electron chi connectivity index (χ0n) is 13.3. The van der Waals surface area contributed by atoms with Crippen LogP contribution in [-0.2, 0) is 23.0 Å². The molecule has 0 spiro atoms. The molecule has 0 radical (unpaired) electrons. The Hall–Kier alpha value is -2.03. The van der Waals surface area contributed by atoms with Gasteiger partial charge in [0.15, 0.2) is 0 Å².